The number of rotatable bonds is 7. The monoisotopic (exact) mass is 595 g/mol. The third-order valence-electron chi connectivity index (χ3n) is 7.97. The lowest BCUT2D eigenvalue weighted by molar-refractivity contribution is -0.201. The second kappa shape index (κ2) is 9.11. The van der Waals surface area contributed by atoms with E-state index in [1.165, 1.54) is 10.6 Å². The number of alkyl halides is 2. The molecule has 0 aromatic carbocycles. The molecule has 3 saturated heterocycles. The molecule has 4 fully saturated rings. The zero-order valence-corrected chi connectivity index (χ0v) is 23.2. The lowest BCUT2D eigenvalue weighted by Crippen LogP contribution is -2.69. The minimum Gasteiger partial charge on any atom is -0.380 e. The second-order valence-electron chi connectivity index (χ2n) is 11.3. The Morgan fingerprint density at radius 2 is 2.02 bits per heavy atom. The van der Waals surface area contributed by atoms with Gasteiger partial charge in [-0.3, -0.25) is 9.20 Å². The number of imidazole rings is 1. The van der Waals surface area contributed by atoms with Gasteiger partial charge in [0, 0.05) is 31.4 Å². The van der Waals surface area contributed by atoms with Crippen LogP contribution in [0.25, 0.3) is 16.3 Å². The molecule has 12 nitrogen and oxygen atoms in total. The number of halogens is 2. The Labute approximate surface area is 232 Å². The number of hydrogen-bond acceptors (Lipinski definition) is 10. The minimum atomic E-state index is -3.94. The molecule has 1 atom stereocenters. The Morgan fingerprint density at radius 1 is 1.25 bits per heavy atom. The van der Waals surface area contributed by atoms with Crippen LogP contribution in [0.3, 0.4) is 0 Å². The van der Waals surface area contributed by atoms with Crippen LogP contribution in [0.1, 0.15) is 31.2 Å². The topological polar surface area (TPSA) is 131 Å². The molecule has 6 heterocycles. The number of amides is 1. The molecule has 0 radical (unpaired) electrons. The van der Waals surface area contributed by atoms with Gasteiger partial charge >= 0.3 is 0 Å². The van der Waals surface area contributed by atoms with Crippen LogP contribution in [0.5, 0.6) is 0 Å². The van der Waals surface area contributed by atoms with Gasteiger partial charge in [0.1, 0.15) is 4.90 Å². The van der Waals surface area contributed by atoms with Crippen molar-refractivity contribution in [2.24, 2.45) is 5.41 Å². The minimum absolute atomic E-state index is 0.00925. The van der Waals surface area contributed by atoms with Gasteiger partial charge in [-0.25, -0.2) is 26.9 Å². The van der Waals surface area contributed by atoms with Crippen LogP contribution in [0.2, 0.25) is 0 Å². The highest BCUT2D eigenvalue weighted by Crippen LogP contribution is 2.39. The van der Waals surface area contributed by atoms with Crippen LogP contribution in [0.4, 0.5) is 14.5 Å². The van der Waals surface area contributed by atoms with Crippen molar-refractivity contribution < 1.29 is 31.5 Å². The van der Waals surface area contributed by atoms with Crippen molar-refractivity contribution in [3.63, 3.8) is 0 Å². The molecule has 40 heavy (non-hydrogen) atoms. The van der Waals surface area contributed by atoms with Gasteiger partial charge in [-0.2, -0.15) is 0 Å². The number of morpholine rings is 1. The van der Waals surface area contributed by atoms with Crippen LogP contribution in [-0.4, -0.2) is 96.4 Å². The fourth-order valence-corrected chi connectivity index (χ4v) is 7.59. The summed E-state index contributed by atoms with van der Waals surface area (Å²) in [6.45, 7) is 5.36. The Hall–Kier alpha value is -2.79. The summed E-state index contributed by atoms with van der Waals surface area (Å²) in [4.78, 5) is 21.3. The number of likely N-dealkylation sites (tertiary alicyclic amines) is 1. The van der Waals surface area contributed by atoms with E-state index in [9.17, 15) is 22.0 Å². The number of fused-ring (bicyclic) bond motifs is 1. The average molecular weight is 596 g/mol. The summed E-state index contributed by atoms with van der Waals surface area (Å²) in [5, 5.41) is 7.12. The van der Waals surface area contributed by atoms with Crippen molar-refractivity contribution in [2.45, 2.75) is 42.7 Å². The van der Waals surface area contributed by atoms with Gasteiger partial charge in [0.25, 0.3) is 12.3 Å². The summed E-state index contributed by atoms with van der Waals surface area (Å²) in [6, 6.07) is 1.57. The maximum Gasteiger partial charge on any atom is 0.291 e. The lowest BCUT2D eigenvalue weighted by atomic mass is 9.78. The average Bonchev–Trinajstić information content (AvgIpc) is 3.25. The molecule has 1 aliphatic carbocycles. The number of sulfonamides is 1. The Bertz CT molecular complexity index is 1590. The molecule has 1 spiro atoms. The van der Waals surface area contributed by atoms with E-state index < -0.39 is 33.1 Å². The maximum absolute atomic E-state index is 13.4. The second-order valence-corrected chi connectivity index (χ2v) is 14.0. The van der Waals surface area contributed by atoms with E-state index in [0.29, 0.717) is 55.4 Å². The van der Waals surface area contributed by atoms with Crippen molar-refractivity contribution in [2.75, 3.05) is 50.9 Å². The number of pyridine rings is 1. The predicted molar refractivity (Wildman–Crippen MR) is 139 cm³/mol. The summed E-state index contributed by atoms with van der Waals surface area (Å²) in [7, 11) is -3.94. The molecular formula is C24H27F2N7O5S2. The summed E-state index contributed by atoms with van der Waals surface area (Å²) in [6.07, 6.45) is 0.930. The first-order chi connectivity index (χ1) is 19.0. The highest BCUT2D eigenvalue weighted by Gasteiger charge is 2.52. The largest absolute Gasteiger partial charge is 0.380 e. The number of aromatic nitrogens is 4. The quantitative estimate of drug-likeness (QED) is 0.434. The first kappa shape index (κ1) is 26.1. The number of nitrogens with one attached hydrogen (secondary N) is 1. The van der Waals surface area contributed by atoms with Crippen LogP contribution >= 0.6 is 11.3 Å². The first-order valence-corrected chi connectivity index (χ1v) is 15.2. The van der Waals surface area contributed by atoms with Crippen molar-refractivity contribution >= 4 is 38.5 Å². The van der Waals surface area contributed by atoms with Crippen molar-refractivity contribution in [3.8, 4) is 10.8 Å². The van der Waals surface area contributed by atoms with E-state index in [1.54, 1.807) is 17.2 Å². The SMILES string of the molecule is CC1(NS(=O)(=O)c2cc(N3CCO[C@@H](C(=O)N4CC5(COC5)C4)C3)c3cnc(-c4nnc(C(F)F)s4)n3c2)CC1. The predicted octanol–water partition coefficient (Wildman–Crippen LogP) is 1.69. The van der Waals surface area contributed by atoms with Crippen LogP contribution in [-0.2, 0) is 24.3 Å². The van der Waals surface area contributed by atoms with Gasteiger partial charge in [0.15, 0.2) is 21.9 Å². The van der Waals surface area contributed by atoms with Gasteiger partial charge in [0.05, 0.1) is 49.2 Å². The van der Waals surface area contributed by atoms with Gasteiger partial charge < -0.3 is 19.3 Å². The van der Waals surface area contributed by atoms with E-state index in [1.807, 2.05) is 11.8 Å². The van der Waals surface area contributed by atoms with Gasteiger partial charge in [-0.1, -0.05) is 11.3 Å². The van der Waals surface area contributed by atoms with E-state index in [-0.39, 0.29) is 40.2 Å². The molecule has 0 unspecified atom stereocenters. The zero-order chi connectivity index (χ0) is 27.9. The van der Waals surface area contributed by atoms with E-state index in [4.69, 9.17) is 9.47 Å². The van der Waals surface area contributed by atoms with E-state index in [2.05, 4.69) is 19.9 Å². The summed E-state index contributed by atoms with van der Waals surface area (Å²) < 4.78 is 68.8. The molecule has 3 aliphatic heterocycles. The highest BCUT2D eigenvalue weighted by atomic mass is 32.2. The zero-order valence-electron chi connectivity index (χ0n) is 21.5. The number of carbonyl (C=O) groups excluding carboxylic acids is 1. The summed E-state index contributed by atoms with van der Waals surface area (Å²) in [5.74, 6) is 0.0951. The third-order valence-corrected chi connectivity index (χ3v) is 10.5. The molecule has 3 aromatic rings. The molecule has 16 heteroatoms. The van der Waals surface area contributed by atoms with Crippen LogP contribution < -0.4 is 9.62 Å². The molecule has 3 aromatic heterocycles. The normalized spacial score (nSPS) is 23.4. The third kappa shape index (κ3) is 4.45. The molecule has 1 N–H and O–H groups in total. The fourth-order valence-electron chi connectivity index (χ4n) is 5.41. The van der Waals surface area contributed by atoms with Gasteiger partial charge in [-0.05, 0) is 25.8 Å². The standard InChI is InChI=1S/C24H27F2N7O5S2/c1-23(2-3-23)30-40(35,36)14-6-15(16-7-27-19(33(16)8-14)21-29-28-20(39-21)18(25)26)31-4-5-38-17(9-31)22(34)32-10-24(11-32)12-37-13-24/h6-8,17-18,30H,2-5,9-13H2,1H3/t17-/m1/s1. The van der Waals surface area contributed by atoms with E-state index >= 15 is 0 Å². The van der Waals surface area contributed by atoms with Gasteiger partial charge in [-0.15, -0.1) is 10.2 Å². The molecule has 214 valence electrons. The number of ether oxygens (including phenoxy) is 2. The van der Waals surface area contributed by atoms with Crippen molar-refractivity contribution in [1.82, 2.24) is 29.2 Å². The number of nitrogens with zero attached hydrogens (tertiary/aromatic N) is 6. The number of hydrogen-bond donors (Lipinski definition) is 1. The smallest absolute Gasteiger partial charge is 0.291 e. The Morgan fingerprint density at radius 3 is 2.67 bits per heavy atom. The molecule has 1 saturated carbocycles. The Kier molecular flexibility index (Phi) is 5.95. The number of carbonyl (C=O) groups is 1. The Balaban J connectivity index is 1.25. The van der Waals surface area contributed by atoms with Gasteiger partial charge in [0.2, 0.25) is 10.0 Å². The molecule has 4 aliphatic rings. The highest BCUT2D eigenvalue weighted by molar-refractivity contribution is 7.89. The van der Waals surface area contributed by atoms with E-state index in [0.717, 1.165) is 12.8 Å². The molecular weight excluding hydrogens is 568 g/mol. The summed E-state index contributed by atoms with van der Waals surface area (Å²) >= 11 is 0.698. The fraction of sp³-hybridized carbons (Fsp3) is 0.583. The first-order valence-electron chi connectivity index (χ1n) is 13.0. The molecule has 1 amide bonds. The molecule has 0 bridgehead atoms. The van der Waals surface area contributed by atoms with Crippen molar-refractivity contribution in [3.05, 3.63) is 23.5 Å². The maximum atomic E-state index is 13.4. The molecule has 7 rings (SSSR count). The lowest BCUT2D eigenvalue weighted by Gasteiger charge is -2.55. The summed E-state index contributed by atoms with van der Waals surface area (Å²) in [5.41, 5.74) is 0.651. The van der Waals surface area contributed by atoms with Crippen LogP contribution in [0, 0.1) is 5.41 Å². The van der Waals surface area contributed by atoms with Crippen LogP contribution in [0.15, 0.2) is 23.4 Å². The van der Waals surface area contributed by atoms with Crippen molar-refractivity contribution in [1.29, 1.82) is 0 Å². The number of anilines is 1.